The van der Waals surface area contributed by atoms with Gasteiger partial charge in [0.1, 0.15) is 5.15 Å². The quantitative estimate of drug-likeness (QED) is 0.410. The first-order valence-electron chi connectivity index (χ1n) is 4.62. The summed E-state index contributed by atoms with van der Waals surface area (Å²) in [6, 6.07) is 3.77. The fourth-order valence-corrected chi connectivity index (χ4v) is 1.21. The van der Waals surface area contributed by atoms with Gasteiger partial charge in [0.15, 0.2) is 0 Å². The van der Waals surface area contributed by atoms with Crippen LogP contribution in [0.3, 0.4) is 0 Å². The Morgan fingerprint density at radius 1 is 1.57 bits per heavy atom. The molecule has 3 heteroatoms. The monoisotopic (exact) mass is 211 g/mol. The molecule has 14 heavy (non-hydrogen) atoms. The molecule has 0 aliphatic carbocycles. The molecule has 0 aliphatic heterocycles. The third-order valence-electron chi connectivity index (χ3n) is 1.79. The summed E-state index contributed by atoms with van der Waals surface area (Å²) in [6.07, 6.45) is 5.55. The number of ether oxygens (including phenoxy) is 1. The predicted molar refractivity (Wildman–Crippen MR) is 58.3 cm³/mol. The number of pyridine rings is 1. The molecule has 0 radical (unpaired) electrons. The average Bonchev–Trinajstić information content (AvgIpc) is 2.20. The maximum atomic E-state index is 5.86. The van der Waals surface area contributed by atoms with Crippen molar-refractivity contribution >= 4 is 11.6 Å². The van der Waals surface area contributed by atoms with E-state index >= 15 is 0 Å². The molecule has 1 heterocycles. The average molecular weight is 212 g/mol. The Balaban J connectivity index is 2.24. The summed E-state index contributed by atoms with van der Waals surface area (Å²) in [5.74, 6) is 0. The minimum Gasteiger partial charge on any atom is -0.377 e. The lowest BCUT2D eigenvalue weighted by Crippen LogP contribution is -1.96. The van der Waals surface area contributed by atoms with E-state index in [0.717, 1.165) is 25.0 Å². The van der Waals surface area contributed by atoms with Crippen LogP contribution in [-0.4, -0.2) is 11.6 Å². The zero-order valence-electron chi connectivity index (χ0n) is 8.08. The van der Waals surface area contributed by atoms with E-state index in [1.165, 1.54) is 0 Å². The van der Waals surface area contributed by atoms with Gasteiger partial charge in [-0.1, -0.05) is 23.7 Å². The number of hydrogen-bond acceptors (Lipinski definition) is 2. The van der Waals surface area contributed by atoms with Crippen molar-refractivity contribution in [2.45, 2.75) is 19.4 Å². The standard InChI is InChI=1S/C11H14ClNO/c1-2-3-4-8-14-9-10-6-5-7-13-11(10)12/h2,5-7H,1,3-4,8-9H2. The van der Waals surface area contributed by atoms with Gasteiger partial charge in [0.05, 0.1) is 6.61 Å². The second-order valence-electron chi connectivity index (χ2n) is 2.94. The van der Waals surface area contributed by atoms with Gasteiger partial charge in [0.25, 0.3) is 0 Å². The normalized spacial score (nSPS) is 10.1. The number of halogens is 1. The van der Waals surface area contributed by atoms with E-state index in [1.54, 1.807) is 6.20 Å². The number of allylic oxidation sites excluding steroid dienone is 1. The third-order valence-corrected chi connectivity index (χ3v) is 2.13. The van der Waals surface area contributed by atoms with Gasteiger partial charge in [-0.15, -0.1) is 6.58 Å². The van der Waals surface area contributed by atoms with Gasteiger partial charge >= 0.3 is 0 Å². The molecule has 0 N–H and O–H groups in total. The van der Waals surface area contributed by atoms with Crippen LogP contribution in [0.25, 0.3) is 0 Å². The van der Waals surface area contributed by atoms with Gasteiger partial charge in [-0.3, -0.25) is 0 Å². The van der Waals surface area contributed by atoms with E-state index < -0.39 is 0 Å². The number of nitrogens with zero attached hydrogens (tertiary/aromatic N) is 1. The van der Waals surface area contributed by atoms with Crippen molar-refractivity contribution in [2.24, 2.45) is 0 Å². The highest BCUT2D eigenvalue weighted by molar-refractivity contribution is 6.30. The zero-order valence-corrected chi connectivity index (χ0v) is 8.83. The lowest BCUT2D eigenvalue weighted by atomic mass is 10.3. The van der Waals surface area contributed by atoms with Crippen molar-refractivity contribution < 1.29 is 4.74 Å². The number of hydrogen-bond donors (Lipinski definition) is 0. The summed E-state index contributed by atoms with van der Waals surface area (Å²) in [5, 5.41) is 0.524. The lowest BCUT2D eigenvalue weighted by molar-refractivity contribution is 0.119. The number of rotatable bonds is 6. The second kappa shape index (κ2) is 6.57. The van der Waals surface area contributed by atoms with E-state index in [1.807, 2.05) is 18.2 Å². The Morgan fingerprint density at radius 2 is 2.43 bits per heavy atom. The van der Waals surface area contributed by atoms with Crippen molar-refractivity contribution in [1.82, 2.24) is 4.98 Å². The van der Waals surface area contributed by atoms with Crippen LogP contribution in [0.5, 0.6) is 0 Å². The maximum absolute atomic E-state index is 5.86. The minimum atomic E-state index is 0.524. The molecule has 0 atom stereocenters. The van der Waals surface area contributed by atoms with Crippen LogP contribution in [0.15, 0.2) is 31.0 Å². The highest BCUT2D eigenvalue weighted by atomic mass is 35.5. The van der Waals surface area contributed by atoms with Crippen molar-refractivity contribution in [3.8, 4) is 0 Å². The molecule has 2 nitrogen and oxygen atoms in total. The zero-order chi connectivity index (χ0) is 10.2. The summed E-state index contributed by atoms with van der Waals surface area (Å²) in [4.78, 5) is 3.96. The van der Waals surface area contributed by atoms with Crippen LogP contribution in [0, 0.1) is 0 Å². The summed E-state index contributed by atoms with van der Waals surface area (Å²) < 4.78 is 5.43. The van der Waals surface area contributed by atoms with Crippen molar-refractivity contribution in [3.63, 3.8) is 0 Å². The first-order valence-corrected chi connectivity index (χ1v) is 5.00. The van der Waals surface area contributed by atoms with Crippen LogP contribution < -0.4 is 0 Å². The van der Waals surface area contributed by atoms with Gasteiger partial charge < -0.3 is 4.74 Å². The Hall–Kier alpha value is -0.860. The third kappa shape index (κ3) is 3.90. The van der Waals surface area contributed by atoms with E-state index in [9.17, 15) is 0 Å². The van der Waals surface area contributed by atoms with Gasteiger partial charge in [0, 0.05) is 18.4 Å². The Morgan fingerprint density at radius 3 is 3.14 bits per heavy atom. The largest absolute Gasteiger partial charge is 0.377 e. The Bertz CT molecular complexity index is 288. The lowest BCUT2D eigenvalue weighted by Gasteiger charge is -2.04. The second-order valence-corrected chi connectivity index (χ2v) is 3.29. The van der Waals surface area contributed by atoms with Crippen molar-refractivity contribution in [1.29, 1.82) is 0 Å². The fraction of sp³-hybridized carbons (Fsp3) is 0.364. The Labute approximate surface area is 89.6 Å². The number of aromatic nitrogens is 1. The predicted octanol–water partition coefficient (Wildman–Crippen LogP) is 3.22. The van der Waals surface area contributed by atoms with E-state index in [0.29, 0.717) is 11.8 Å². The molecular formula is C11H14ClNO. The van der Waals surface area contributed by atoms with Crippen LogP contribution in [0.4, 0.5) is 0 Å². The molecule has 0 saturated heterocycles. The van der Waals surface area contributed by atoms with Crippen molar-refractivity contribution in [2.75, 3.05) is 6.61 Å². The molecule has 0 amide bonds. The molecule has 1 aromatic rings. The first kappa shape index (κ1) is 11.2. The minimum absolute atomic E-state index is 0.524. The first-order chi connectivity index (χ1) is 6.84. The van der Waals surface area contributed by atoms with Crippen LogP contribution in [-0.2, 0) is 11.3 Å². The molecule has 0 saturated carbocycles. The molecular weight excluding hydrogens is 198 g/mol. The van der Waals surface area contributed by atoms with Gasteiger partial charge in [0.2, 0.25) is 0 Å². The molecule has 1 rings (SSSR count). The number of unbranched alkanes of at least 4 members (excludes halogenated alkanes) is 1. The topological polar surface area (TPSA) is 22.1 Å². The van der Waals surface area contributed by atoms with E-state index in [4.69, 9.17) is 16.3 Å². The van der Waals surface area contributed by atoms with Crippen LogP contribution >= 0.6 is 11.6 Å². The van der Waals surface area contributed by atoms with Gasteiger partial charge in [-0.25, -0.2) is 4.98 Å². The molecule has 0 spiro atoms. The summed E-state index contributed by atoms with van der Waals surface area (Å²) >= 11 is 5.86. The van der Waals surface area contributed by atoms with Crippen LogP contribution in [0.1, 0.15) is 18.4 Å². The summed E-state index contributed by atoms with van der Waals surface area (Å²) in [5.41, 5.74) is 0.938. The van der Waals surface area contributed by atoms with E-state index in [-0.39, 0.29) is 0 Å². The fourth-order valence-electron chi connectivity index (χ4n) is 1.04. The molecule has 0 unspecified atom stereocenters. The van der Waals surface area contributed by atoms with E-state index in [2.05, 4.69) is 11.6 Å². The van der Waals surface area contributed by atoms with Crippen molar-refractivity contribution in [3.05, 3.63) is 41.7 Å². The molecule has 1 aromatic heterocycles. The molecule has 76 valence electrons. The highest BCUT2D eigenvalue weighted by Gasteiger charge is 1.99. The molecule has 0 aromatic carbocycles. The Kier molecular flexibility index (Phi) is 5.27. The summed E-state index contributed by atoms with van der Waals surface area (Å²) in [6.45, 7) is 4.91. The maximum Gasteiger partial charge on any atom is 0.134 e. The molecule has 0 bridgehead atoms. The van der Waals surface area contributed by atoms with Gasteiger partial charge in [-0.05, 0) is 18.9 Å². The van der Waals surface area contributed by atoms with Gasteiger partial charge in [-0.2, -0.15) is 0 Å². The molecule has 0 aliphatic rings. The smallest absolute Gasteiger partial charge is 0.134 e. The summed E-state index contributed by atoms with van der Waals surface area (Å²) in [7, 11) is 0. The van der Waals surface area contributed by atoms with Crippen LogP contribution in [0.2, 0.25) is 5.15 Å². The SMILES string of the molecule is C=CCCCOCc1cccnc1Cl. The highest BCUT2D eigenvalue weighted by Crippen LogP contribution is 2.12. The molecule has 0 fully saturated rings.